The number of phenols is 1. The normalized spacial score (nSPS) is 18.5. The van der Waals surface area contributed by atoms with Crippen molar-refractivity contribution in [1.29, 1.82) is 0 Å². The molecule has 2 aromatic rings. The Morgan fingerprint density at radius 3 is 2.53 bits per heavy atom. The van der Waals surface area contributed by atoms with Gasteiger partial charge in [-0.05, 0) is 50.1 Å². The molecule has 1 heterocycles. The lowest BCUT2D eigenvalue weighted by Gasteiger charge is -2.32. The molecule has 0 bridgehead atoms. The fraction of sp³-hybridized carbons (Fsp3) is 0.240. The molecule has 2 aromatic carbocycles. The van der Waals surface area contributed by atoms with E-state index in [2.05, 4.69) is 0 Å². The smallest absolute Gasteiger partial charge is 0.340 e. The van der Waals surface area contributed by atoms with E-state index in [0.717, 1.165) is 5.56 Å². The van der Waals surface area contributed by atoms with Gasteiger partial charge in [0.25, 0.3) is 0 Å². The third-order valence-corrected chi connectivity index (χ3v) is 4.80. The maximum atomic E-state index is 11.8. The molecule has 0 aliphatic carbocycles. The molecule has 0 spiro atoms. The molecule has 0 saturated heterocycles. The topological polar surface area (TPSA) is 87.0 Å². The number of carboxylic acid groups (broad SMARTS) is 1. The first kappa shape index (κ1) is 21.4. The second-order valence-corrected chi connectivity index (χ2v) is 8.16. The highest BCUT2D eigenvalue weighted by molar-refractivity contribution is 5.98. The van der Waals surface area contributed by atoms with Gasteiger partial charge in [0, 0.05) is 6.42 Å². The molecule has 0 fully saturated rings. The summed E-state index contributed by atoms with van der Waals surface area (Å²) in [5.74, 6) is -1.12. The van der Waals surface area contributed by atoms with Gasteiger partial charge in [-0.1, -0.05) is 54.6 Å². The Labute approximate surface area is 176 Å². The average Bonchev–Trinajstić information content (AvgIpc) is 2.65. The number of aliphatic hydroxyl groups is 1. The van der Waals surface area contributed by atoms with Crippen LogP contribution in [0.25, 0.3) is 18.2 Å². The van der Waals surface area contributed by atoms with Crippen LogP contribution in [0.4, 0.5) is 0 Å². The highest BCUT2D eigenvalue weighted by Crippen LogP contribution is 2.42. The molecular weight excluding hydrogens is 380 g/mol. The Balaban J connectivity index is 1.98. The van der Waals surface area contributed by atoms with Gasteiger partial charge in [-0.15, -0.1) is 0 Å². The molecule has 156 valence electrons. The maximum Gasteiger partial charge on any atom is 0.340 e. The number of carbonyl (C=O) groups is 1. The number of hydrogen-bond donors (Lipinski definition) is 3. The quantitative estimate of drug-likeness (QED) is 0.457. The Hall–Kier alpha value is -3.31. The summed E-state index contributed by atoms with van der Waals surface area (Å²) in [7, 11) is 0. The number of carboxylic acids is 1. The molecule has 5 heteroatoms. The summed E-state index contributed by atoms with van der Waals surface area (Å²) in [6.07, 6.45) is 11.0. The summed E-state index contributed by atoms with van der Waals surface area (Å²) in [6, 6.07) is 11.1. The summed E-state index contributed by atoms with van der Waals surface area (Å²) in [4.78, 5) is 11.8. The molecule has 3 N–H and O–H groups in total. The van der Waals surface area contributed by atoms with E-state index < -0.39 is 17.2 Å². The van der Waals surface area contributed by atoms with E-state index >= 15 is 0 Å². The molecule has 1 aliphatic rings. The third-order valence-electron chi connectivity index (χ3n) is 4.80. The first-order valence-electron chi connectivity index (χ1n) is 9.73. The predicted octanol–water partition coefficient (Wildman–Crippen LogP) is 5.14. The Kier molecular flexibility index (Phi) is 5.85. The number of hydrogen-bond acceptors (Lipinski definition) is 4. The molecule has 30 heavy (non-hydrogen) atoms. The standard InChI is InChI=1S/C25H26O5/c1-24(2,29)13-7-14-25(3)15-12-19-20(30-25)16-18(21(22(19)26)23(27)28)11-10-17-8-5-4-6-9-17/h4-13,15-16,26,29H,14H2,1-3H3,(H,27,28). The largest absolute Gasteiger partial charge is 0.506 e. The number of aromatic hydroxyl groups is 1. The van der Waals surface area contributed by atoms with Gasteiger partial charge in [0.2, 0.25) is 0 Å². The van der Waals surface area contributed by atoms with E-state index in [1.807, 2.05) is 43.3 Å². The van der Waals surface area contributed by atoms with Crippen molar-refractivity contribution in [2.45, 2.75) is 38.4 Å². The van der Waals surface area contributed by atoms with Crippen LogP contribution in [0.5, 0.6) is 11.5 Å². The van der Waals surface area contributed by atoms with Crippen molar-refractivity contribution in [2.75, 3.05) is 0 Å². The lowest BCUT2D eigenvalue weighted by atomic mass is 9.92. The molecular formula is C25H26O5. The molecule has 5 nitrogen and oxygen atoms in total. The van der Waals surface area contributed by atoms with Crippen LogP contribution < -0.4 is 4.74 Å². The SMILES string of the molecule is CC(C)(O)C=CCC1(C)C=Cc2c(cc(C=Cc3ccccc3)c(C(=O)O)c2O)O1. The maximum absolute atomic E-state index is 11.8. The van der Waals surface area contributed by atoms with Crippen molar-refractivity contribution in [2.24, 2.45) is 0 Å². The van der Waals surface area contributed by atoms with Crippen LogP contribution in [0.1, 0.15) is 54.2 Å². The highest BCUT2D eigenvalue weighted by atomic mass is 16.5. The summed E-state index contributed by atoms with van der Waals surface area (Å²) in [5, 5.41) is 30.1. The van der Waals surface area contributed by atoms with Crippen LogP contribution >= 0.6 is 0 Å². The van der Waals surface area contributed by atoms with Gasteiger partial charge in [-0.3, -0.25) is 0 Å². The first-order chi connectivity index (χ1) is 14.1. The van der Waals surface area contributed by atoms with Crippen LogP contribution in [0.2, 0.25) is 0 Å². The van der Waals surface area contributed by atoms with E-state index in [0.29, 0.717) is 23.3 Å². The molecule has 1 aliphatic heterocycles. The Morgan fingerprint density at radius 2 is 1.90 bits per heavy atom. The van der Waals surface area contributed by atoms with E-state index in [1.165, 1.54) is 0 Å². The molecule has 1 atom stereocenters. The van der Waals surface area contributed by atoms with E-state index in [-0.39, 0.29) is 11.3 Å². The van der Waals surface area contributed by atoms with Crippen molar-refractivity contribution < 1.29 is 24.9 Å². The second kappa shape index (κ2) is 8.20. The minimum Gasteiger partial charge on any atom is -0.506 e. The van der Waals surface area contributed by atoms with Gasteiger partial charge >= 0.3 is 5.97 Å². The summed E-state index contributed by atoms with van der Waals surface area (Å²) in [5.41, 5.74) is -0.170. The molecule has 3 rings (SSSR count). The second-order valence-electron chi connectivity index (χ2n) is 8.16. The fourth-order valence-electron chi connectivity index (χ4n) is 3.27. The van der Waals surface area contributed by atoms with Crippen molar-refractivity contribution in [3.05, 3.63) is 76.9 Å². The average molecular weight is 406 g/mol. The molecule has 0 amide bonds. The van der Waals surface area contributed by atoms with Crippen molar-refractivity contribution in [3.8, 4) is 11.5 Å². The van der Waals surface area contributed by atoms with Gasteiger partial charge in [0.15, 0.2) is 0 Å². The lowest BCUT2D eigenvalue weighted by Crippen LogP contribution is -2.31. The highest BCUT2D eigenvalue weighted by Gasteiger charge is 2.30. The van der Waals surface area contributed by atoms with Gasteiger partial charge in [-0.25, -0.2) is 4.79 Å². The molecule has 0 saturated carbocycles. The van der Waals surface area contributed by atoms with Crippen LogP contribution in [0.15, 0.2) is 54.6 Å². The monoisotopic (exact) mass is 406 g/mol. The molecule has 0 radical (unpaired) electrons. The van der Waals surface area contributed by atoms with Crippen molar-refractivity contribution >= 4 is 24.2 Å². The van der Waals surface area contributed by atoms with Crippen LogP contribution in [-0.4, -0.2) is 32.5 Å². The molecule has 1 unspecified atom stereocenters. The lowest BCUT2D eigenvalue weighted by molar-refractivity contribution is 0.0693. The summed E-state index contributed by atoms with van der Waals surface area (Å²) >= 11 is 0. The van der Waals surface area contributed by atoms with Crippen LogP contribution in [-0.2, 0) is 0 Å². The summed E-state index contributed by atoms with van der Waals surface area (Å²) in [6.45, 7) is 5.27. The fourth-order valence-corrected chi connectivity index (χ4v) is 3.27. The number of fused-ring (bicyclic) bond motifs is 1. The minimum atomic E-state index is -1.21. The first-order valence-corrected chi connectivity index (χ1v) is 9.73. The zero-order valence-electron chi connectivity index (χ0n) is 17.3. The van der Waals surface area contributed by atoms with E-state index in [1.54, 1.807) is 50.3 Å². The zero-order valence-corrected chi connectivity index (χ0v) is 17.3. The van der Waals surface area contributed by atoms with E-state index in [4.69, 9.17) is 4.74 Å². The van der Waals surface area contributed by atoms with Crippen LogP contribution in [0, 0.1) is 0 Å². The zero-order chi connectivity index (χ0) is 21.9. The Morgan fingerprint density at radius 1 is 1.20 bits per heavy atom. The number of rotatable bonds is 6. The number of aromatic carboxylic acids is 1. The summed E-state index contributed by atoms with van der Waals surface area (Å²) < 4.78 is 6.14. The number of benzene rings is 2. The predicted molar refractivity (Wildman–Crippen MR) is 119 cm³/mol. The third kappa shape index (κ3) is 4.99. The Bertz CT molecular complexity index is 1030. The van der Waals surface area contributed by atoms with Gasteiger partial charge in [-0.2, -0.15) is 0 Å². The van der Waals surface area contributed by atoms with E-state index in [9.17, 15) is 20.1 Å². The number of ether oxygens (including phenoxy) is 1. The molecule has 0 aromatic heterocycles. The van der Waals surface area contributed by atoms with Crippen LogP contribution in [0.3, 0.4) is 0 Å². The van der Waals surface area contributed by atoms with Crippen molar-refractivity contribution in [3.63, 3.8) is 0 Å². The van der Waals surface area contributed by atoms with Gasteiger partial charge < -0.3 is 20.1 Å². The minimum absolute atomic E-state index is 0.167. The van der Waals surface area contributed by atoms with Gasteiger partial charge in [0.1, 0.15) is 22.7 Å². The van der Waals surface area contributed by atoms with Crippen molar-refractivity contribution in [1.82, 2.24) is 0 Å². The van der Waals surface area contributed by atoms with Gasteiger partial charge in [0.05, 0.1) is 11.2 Å².